The summed E-state index contributed by atoms with van der Waals surface area (Å²) in [6.07, 6.45) is 0. The van der Waals surface area contributed by atoms with Crippen LogP contribution in [0.15, 0.2) is 34.1 Å². The molecule has 0 radical (unpaired) electrons. The van der Waals surface area contributed by atoms with Crippen LogP contribution in [-0.2, 0) is 0 Å². The Morgan fingerprint density at radius 2 is 0.773 bits per heavy atom. The van der Waals surface area contributed by atoms with Gasteiger partial charge in [0.15, 0.2) is 0 Å². The van der Waals surface area contributed by atoms with E-state index in [-0.39, 0.29) is 0 Å². The van der Waals surface area contributed by atoms with Crippen molar-refractivity contribution in [3.8, 4) is 0 Å². The predicted octanol–water partition coefficient (Wildman–Crippen LogP) is 7.63. The van der Waals surface area contributed by atoms with E-state index in [4.69, 9.17) is 0 Å². The molecule has 118 valence electrons. The molecule has 0 saturated heterocycles. The Morgan fingerprint density at radius 1 is 0.500 bits per heavy atom. The predicted molar refractivity (Wildman–Crippen MR) is 108 cm³/mol. The van der Waals surface area contributed by atoms with Gasteiger partial charge in [-0.2, -0.15) is 0 Å². The first kappa shape index (κ1) is 18.2. The Kier molecular flexibility index (Phi) is 6.69. The molecule has 4 heteroatoms. The summed E-state index contributed by atoms with van der Waals surface area (Å²) < 4.78 is 0. The molecular weight excluding hydrogens is 344 g/mol. The lowest BCUT2D eigenvalue weighted by atomic mass is 10.1. The minimum atomic E-state index is 1.34. The first-order valence-electron chi connectivity index (χ1n) is 7.22. The standard InChI is InChI=1S/C18H22S4/c1-11-7-13(3)17(14(4)8-11)19-21-22-20-18-15(5)9-12(2)10-16(18)6/h7-10H,1-6H3. The van der Waals surface area contributed by atoms with Gasteiger partial charge in [0.1, 0.15) is 0 Å². The summed E-state index contributed by atoms with van der Waals surface area (Å²) in [5.74, 6) is 0. The third kappa shape index (κ3) is 4.67. The van der Waals surface area contributed by atoms with Crippen molar-refractivity contribution >= 4 is 41.2 Å². The van der Waals surface area contributed by atoms with Crippen molar-refractivity contribution in [1.82, 2.24) is 0 Å². The quantitative estimate of drug-likeness (QED) is 0.394. The SMILES string of the molecule is Cc1cc(C)c(SSSSc2c(C)cc(C)cc2C)c(C)c1. The van der Waals surface area contributed by atoms with E-state index in [0.717, 1.165) is 0 Å². The molecule has 0 aliphatic heterocycles. The van der Waals surface area contributed by atoms with Gasteiger partial charge in [0.2, 0.25) is 0 Å². The number of rotatable bonds is 5. The van der Waals surface area contributed by atoms with Gasteiger partial charge >= 0.3 is 0 Å². The van der Waals surface area contributed by atoms with Crippen molar-refractivity contribution in [1.29, 1.82) is 0 Å². The van der Waals surface area contributed by atoms with Gasteiger partial charge in [-0.3, -0.25) is 0 Å². The van der Waals surface area contributed by atoms with Crippen molar-refractivity contribution in [2.45, 2.75) is 51.3 Å². The third-order valence-corrected chi connectivity index (χ3v) is 10.1. The van der Waals surface area contributed by atoms with E-state index in [1.54, 1.807) is 0 Å². The summed E-state index contributed by atoms with van der Waals surface area (Å²) >= 11 is 0. The van der Waals surface area contributed by atoms with Crippen molar-refractivity contribution in [3.05, 3.63) is 57.6 Å². The van der Waals surface area contributed by atoms with Crippen LogP contribution < -0.4 is 0 Å². The van der Waals surface area contributed by atoms with Gasteiger partial charge in [-0.1, -0.05) is 35.4 Å². The molecule has 0 spiro atoms. The van der Waals surface area contributed by atoms with Crippen molar-refractivity contribution in [3.63, 3.8) is 0 Å². The molecule has 0 N–H and O–H groups in total. The molecule has 0 bridgehead atoms. The van der Waals surface area contributed by atoms with Gasteiger partial charge in [-0.05, 0) is 105 Å². The fraction of sp³-hybridized carbons (Fsp3) is 0.333. The lowest BCUT2D eigenvalue weighted by Crippen LogP contribution is -1.86. The lowest BCUT2D eigenvalue weighted by molar-refractivity contribution is 1.19. The van der Waals surface area contributed by atoms with Gasteiger partial charge in [0.05, 0.1) is 0 Å². The van der Waals surface area contributed by atoms with Crippen LogP contribution in [0.3, 0.4) is 0 Å². The van der Waals surface area contributed by atoms with Crippen molar-refractivity contribution in [2.24, 2.45) is 0 Å². The molecule has 22 heavy (non-hydrogen) atoms. The van der Waals surface area contributed by atoms with Crippen LogP contribution in [-0.4, -0.2) is 0 Å². The van der Waals surface area contributed by atoms with Crippen LogP contribution in [0.2, 0.25) is 0 Å². The Labute approximate surface area is 149 Å². The van der Waals surface area contributed by atoms with Crippen LogP contribution in [0.5, 0.6) is 0 Å². The van der Waals surface area contributed by atoms with Crippen LogP contribution in [0.4, 0.5) is 0 Å². The topological polar surface area (TPSA) is 0 Å². The normalized spacial score (nSPS) is 11.0. The van der Waals surface area contributed by atoms with E-state index < -0.39 is 0 Å². The summed E-state index contributed by atoms with van der Waals surface area (Å²) in [6.45, 7) is 13.1. The number of aryl methyl sites for hydroxylation is 6. The Bertz CT molecular complexity index is 571. The summed E-state index contributed by atoms with van der Waals surface area (Å²) in [4.78, 5) is 2.81. The summed E-state index contributed by atoms with van der Waals surface area (Å²) in [7, 11) is 7.46. The van der Waals surface area contributed by atoms with E-state index in [9.17, 15) is 0 Å². The maximum atomic E-state index is 2.27. The van der Waals surface area contributed by atoms with Crippen LogP contribution in [0, 0.1) is 41.5 Å². The third-order valence-electron chi connectivity index (χ3n) is 3.47. The van der Waals surface area contributed by atoms with Gasteiger partial charge in [0, 0.05) is 9.79 Å². The molecule has 2 aromatic carbocycles. The summed E-state index contributed by atoms with van der Waals surface area (Å²) in [5.41, 5.74) is 8.20. The fourth-order valence-corrected chi connectivity index (χ4v) is 9.02. The van der Waals surface area contributed by atoms with Gasteiger partial charge in [-0.15, -0.1) is 0 Å². The number of hydrogen-bond donors (Lipinski definition) is 0. The second-order valence-electron chi connectivity index (χ2n) is 5.76. The fourth-order valence-electron chi connectivity index (χ4n) is 2.69. The number of hydrogen-bond acceptors (Lipinski definition) is 4. The highest BCUT2D eigenvalue weighted by Gasteiger charge is 2.08. The van der Waals surface area contributed by atoms with E-state index >= 15 is 0 Å². The molecule has 0 atom stereocenters. The summed E-state index contributed by atoms with van der Waals surface area (Å²) in [5, 5.41) is 0. The van der Waals surface area contributed by atoms with Crippen LogP contribution in [0.25, 0.3) is 0 Å². The first-order valence-corrected chi connectivity index (χ1v) is 12.0. The lowest BCUT2D eigenvalue weighted by Gasteiger charge is -2.11. The zero-order valence-corrected chi connectivity index (χ0v) is 17.2. The summed E-state index contributed by atoms with van der Waals surface area (Å²) in [6, 6.07) is 9.06. The average molecular weight is 367 g/mol. The maximum Gasteiger partial charge on any atom is 0.0250 e. The first-order chi connectivity index (χ1) is 10.4. The van der Waals surface area contributed by atoms with E-state index in [1.807, 2.05) is 41.2 Å². The Morgan fingerprint density at radius 3 is 1.05 bits per heavy atom. The zero-order chi connectivity index (χ0) is 16.3. The van der Waals surface area contributed by atoms with Gasteiger partial charge in [0.25, 0.3) is 0 Å². The minimum absolute atomic E-state index is 1.34. The molecule has 0 heterocycles. The van der Waals surface area contributed by atoms with E-state index in [1.165, 1.54) is 43.2 Å². The highest BCUT2D eigenvalue weighted by Crippen LogP contribution is 2.51. The average Bonchev–Trinajstić information content (AvgIpc) is 2.38. The van der Waals surface area contributed by atoms with Gasteiger partial charge < -0.3 is 0 Å². The van der Waals surface area contributed by atoms with Gasteiger partial charge in [-0.25, -0.2) is 0 Å². The Hall–Kier alpha value is -0.160. The molecule has 0 amide bonds. The molecule has 0 fully saturated rings. The second-order valence-corrected chi connectivity index (χ2v) is 11.4. The molecular formula is C18H22S4. The van der Waals surface area contributed by atoms with E-state index in [2.05, 4.69) is 65.8 Å². The smallest absolute Gasteiger partial charge is 0.0250 e. The number of benzene rings is 2. The largest absolute Gasteiger partial charge is 0.0552 e. The maximum absolute atomic E-state index is 2.27. The molecule has 0 aromatic heterocycles. The second kappa shape index (κ2) is 8.09. The molecule has 0 nitrogen and oxygen atoms in total. The zero-order valence-electron chi connectivity index (χ0n) is 13.9. The molecule has 0 aliphatic rings. The molecule has 0 saturated carbocycles. The minimum Gasteiger partial charge on any atom is -0.0552 e. The monoisotopic (exact) mass is 366 g/mol. The highest BCUT2D eigenvalue weighted by molar-refractivity contribution is 9.26. The van der Waals surface area contributed by atoms with E-state index in [0.29, 0.717) is 0 Å². The molecule has 0 unspecified atom stereocenters. The molecule has 2 aromatic rings. The molecule has 0 aliphatic carbocycles. The van der Waals surface area contributed by atoms with Crippen LogP contribution in [0.1, 0.15) is 33.4 Å². The highest BCUT2D eigenvalue weighted by atomic mass is 33.7. The van der Waals surface area contributed by atoms with Crippen LogP contribution >= 0.6 is 41.2 Å². The van der Waals surface area contributed by atoms with Crippen molar-refractivity contribution in [2.75, 3.05) is 0 Å². The Balaban J connectivity index is 1.96. The van der Waals surface area contributed by atoms with Crippen molar-refractivity contribution < 1.29 is 0 Å². The molecule has 2 rings (SSSR count).